The lowest BCUT2D eigenvalue weighted by molar-refractivity contribution is 0.456. The highest BCUT2D eigenvalue weighted by molar-refractivity contribution is 9.10. The van der Waals surface area contributed by atoms with Crippen molar-refractivity contribution < 1.29 is 4.42 Å². The van der Waals surface area contributed by atoms with Gasteiger partial charge in [-0.25, -0.2) is 0 Å². The van der Waals surface area contributed by atoms with Gasteiger partial charge in [-0.15, -0.1) is 21.5 Å². The van der Waals surface area contributed by atoms with Gasteiger partial charge < -0.3 is 9.73 Å². The van der Waals surface area contributed by atoms with E-state index in [1.165, 1.54) is 4.88 Å². The summed E-state index contributed by atoms with van der Waals surface area (Å²) in [6.07, 6.45) is 0. The summed E-state index contributed by atoms with van der Waals surface area (Å²) in [5, 5.41) is 13.7. The van der Waals surface area contributed by atoms with Crippen LogP contribution in [0.15, 0.2) is 50.7 Å². The minimum Gasteiger partial charge on any atom is -0.419 e. The number of halogens is 1. The van der Waals surface area contributed by atoms with Gasteiger partial charge in [0.05, 0.1) is 12.1 Å². The zero-order chi connectivity index (χ0) is 14.7. The Morgan fingerprint density at radius 3 is 2.86 bits per heavy atom. The Labute approximate surface area is 135 Å². The first-order chi connectivity index (χ1) is 10.2. The Hall–Kier alpha value is -1.50. The Balaban J connectivity index is 1.67. The lowest BCUT2D eigenvalue weighted by Crippen LogP contribution is -2.17. The minimum atomic E-state index is 0.267. The number of nitrogens with one attached hydrogen (secondary N) is 1. The number of rotatable bonds is 5. The van der Waals surface area contributed by atoms with Crippen LogP contribution >= 0.6 is 27.3 Å². The molecule has 0 spiro atoms. The van der Waals surface area contributed by atoms with Crippen LogP contribution in [0.2, 0.25) is 0 Å². The summed E-state index contributed by atoms with van der Waals surface area (Å²) in [6.45, 7) is 2.67. The van der Waals surface area contributed by atoms with E-state index in [-0.39, 0.29) is 6.04 Å². The molecule has 0 saturated heterocycles. The van der Waals surface area contributed by atoms with E-state index in [0.717, 1.165) is 10.0 Å². The standard InChI is InChI=1S/C15H14BrN3OS/c1-10(13-7-4-8-21-13)17-9-14-18-19-15(20-14)11-5-2-3-6-12(11)16/h2-8,10,17H,9H2,1H3. The highest BCUT2D eigenvalue weighted by atomic mass is 79.9. The fraction of sp³-hybridized carbons (Fsp3) is 0.200. The Morgan fingerprint density at radius 2 is 2.10 bits per heavy atom. The maximum Gasteiger partial charge on any atom is 0.248 e. The van der Waals surface area contributed by atoms with E-state index in [0.29, 0.717) is 18.3 Å². The first-order valence-corrected chi connectivity index (χ1v) is 8.25. The van der Waals surface area contributed by atoms with Crippen LogP contribution in [0.25, 0.3) is 11.5 Å². The summed E-state index contributed by atoms with van der Waals surface area (Å²) in [5.74, 6) is 1.12. The van der Waals surface area contributed by atoms with Gasteiger partial charge in [0.1, 0.15) is 0 Å². The van der Waals surface area contributed by atoms with Crippen molar-refractivity contribution in [3.63, 3.8) is 0 Å². The number of hydrogen-bond donors (Lipinski definition) is 1. The molecule has 108 valence electrons. The maximum atomic E-state index is 5.71. The van der Waals surface area contributed by atoms with Gasteiger partial charge in [-0.2, -0.15) is 0 Å². The topological polar surface area (TPSA) is 51.0 Å². The zero-order valence-corrected chi connectivity index (χ0v) is 13.8. The molecule has 3 aromatic rings. The molecule has 0 aliphatic carbocycles. The predicted octanol–water partition coefficient (Wildman–Crippen LogP) is 4.41. The van der Waals surface area contributed by atoms with Crippen LogP contribution in [0, 0.1) is 0 Å². The largest absolute Gasteiger partial charge is 0.419 e. The molecule has 0 amide bonds. The molecule has 0 aliphatic heterocycles. The first kappa shape index (κ1) is 14.4. The van der Waals surface area contributed by atoms with Crippen LogP contribution in [0.4, 0.5) is 0 Å². The number of aromatic nitrogens is 2. The molecule has 1 aromatic carbocycles. The van der Waals surface area contributed by atoms with Gasteiger partial charge in [-0.3, -0.25) is 0 Å². The quantitative estimate of drug-likeness (QED) is 0.729. The molecule has 2 heterocycles. The number of benzene rings is 1. The van der Waals surface area contributed by atoms with Crippen LogP contribution in [-0.2, 0) is 6.54 Å². The lowest BCUT2D eigenvalue weighted by Gasteiger charge is -2.09. The molecular weight excluding hydrogens is 350 g/mol. The van der Waals surface area contributed by atoms with E-state index >= 15 is 0 Å². The van der Waals surface area contributed by atoms with Crippen molar-refractivity contribution >= 4 is 27.3 Å². The van der Waals surface area contributed by atoms with Crippen molar-refractivity contribution in [1.29, 1.82) is 0 Å². The molecule has 0 aliphatic rings. The molecule has 0 radical (unpaired) electrons. The Kier molecular flexibility index (Phi) is 4.48. The van der Waals surface area contributed by atoms with E-state index in [9.17, 15) is 0 Å². The van der Waals surface area contributed by atoms with Gasteiger partial charge in [-0.1, -0.05) is 18.2 Å². The minimum absolute atomic E-state index is 0.267. The van der Waals surface area contributed by atoms with Crippen molar-refractivity contribution in [2.24, 2.45) is 0 Å². The summed E-state index contributed by atoms with van der Waals surface area (Å²) in [4.78, 5) is 1.29. The van der Waals surface area contributed by atoms with Gasteiger partial charge >= 0.3 is 0 Å². The van der Waals surface area contributed by atoms with Crippen LogP contribution in [0.3, 0.4) is 0 Å². The monoisotopic (exact) mass is 363 g/mol. The van der Waals surface area contributed by atoms with Crippen LogP contribution in [-0.4, -0.2) is 10.2 Å². The fourth-order valence-electron chi connectivity index (χ4n) is 1.95. The van der Waals surface area contributed by atoms with E-state index in [1.54, 1.807) is 11.3 Å². The zero-order valence-electron chi connectivity index (χ0n) is 11.4. The Morgan fingerprint density at radius 1 is 1.24 bits per heavy atom. The van der Waals surface area contributed by atoms with Crippen molar-refractivity contribution in [1.82, 2.24) is 15.5 Å². The lowest BCUT2D eigenvalue weighted by atomic mass is 10.2. The van der Waals surface area contributed by atoms with Gasteiger partial charge in [0.25, 0.3) is 0 Å². The van der Waals surface area contributed by atoms with Crippen molar-refractivity contribution in [2.75, 3.05) is 0 Å². The second kappa shape index (κ2) is 6.51. The van der Waals surface area contributed by atoms with Gasteiger partial charge in [0.15, 0.2) is 0 Å². The predicted molar refractivity (Wildman–Crippen MR) is 87.0 cm³/mol. The van der Waals surface area contributed by atoms with Crippen molar-refractivity contribution in [3.8, 4) is 11.5 Å². The molecule has 1 N–H and O–H groups in total. The van der Waals surface area contributed by atoms with Crippen molar-refractivity contribution in [3.05, 3.63) is 57.0 Å². The molecule has 21 heavy (non-hydrogen) atoms. The highest BCUT2D eigenvalue weighted by Gasteiger charge is 2.12. The summed E-state index contributed by atoms with van der Waals surface area (Å²) in [7, 11) is 0. The molecule has 4 nitrogen and oxygen atoms in total. The van der Waals surface area contributed by atoms with E-state index in [2.05, 4.69) is 55.9 Å². The molecule has 6 heteroatoms. The smallest absolute Gasteiger partial charge is 0.248 e. The fourth-order valence-corrected chi connectivity index (χ4v) is 3.16. The molecule has 1 atom stereocenters. The molecule has 1 unspecified atom stereocenters. The Bertz CT molecular complexity index is 711. The van der Waals surface area contributed by atoms with Gasteiger partial charge in [0, 0.05) is 15.4 Å². The number of hydrogen-bond acceptors (Lipinski definition) is 5. The molecule has 0 saturated carbocycles. The van der Waals surface area contributed by atoms with Crippen LogP contribution in [0.5, 0.6) is 0 Å². The van der Waals surface area contributed by atoms with E-state index in [4.69, 9.17) is 4.42 Å². The third-order valence-corrected chi connectivity index (χ3v) is 4.85. The second-order valence-electron chi connectivity index (χ2n) is 4.60. The van der Waals surface area contributed by atoms with E-state index in [1.807, 2.05) is 24.3 Å². The number of nitrogens with zero attached hydrogens (tertiary/aromatic N) is 2. The summed E-state index contributed by atoms with van der Waals surface area (Å²) < 4.78 is 6.65. The van der Waals surface area contributed by atoms with Crippen LogP contribution in [0.1, 0.15) is 23.7 Å². The molecular formula is C15H14BrN3OS. The molecule has 3 rings (SSSR count). The summed E-state index contributed by atoms with van der Waals surface area (Å²) in [6, 6.07) is 12.2. The van der Waals surface area contributed by atoms with Gasteiger partial charge in [-0.05, 0) is 46.4 Å². The third-order valence-electron chi connectivity index (χ3n) is 3.10. The molecule has 0 bridgehead atoms. The first-order valence-electron chi connectivity index (χ1n) is 6.58. The van der Waals surface area contributed by atoms with Gasteiger partial charge in [0.2, 0.25) is 11.8 Å². The SMILES string of the molecule is CC(NCc1nnc(-c2ccccc2Br)o1)c1cccs1. The third kappa shape index (κ3) is 3.40. The molecule has 2 aromatic heterocycles. The average Bonchev–Trinajstić information content (AvgIpc) is 3.17. The highest BCUT2D eigenvalue weighted by Crippen LogP contribution is 2.26. The second-order valence-corrected chi connectivity index (χ2v) is 6.43. The number of thiophene rings is 1. The maximum absolute atomic E-state index is 5.71. The molecule has 0 fully saturated rings. The summed E-state index contributed by atoms with van der Waals surface area (Å²) in [5.41, 5.74) is 0.905. The average molecular weight is 364 g/mol. The summed E-state index contributed by atoms with van der Waals surface area (Å²) >= 11 is 5.22. The van der Waals surface area contributed by atoms with Crippen LogP contribution < -0.4 is 5.32 Å². The normalized spacial score (nSPS) is 12.5. The van der Waals surface area contributed by atoms with E-state index < -0.39 is 0 Å². The van der Waals surface area contributed by atoms with Crippen molar-refractivity contribution in [2.45, 2.75) is 19.5 Å².